The Labute approximate surface area is 83.1 Å². The van der Waals surface area contributed by atoms with Crippen LogP contribution in [0, 0.1) is 0 Å². The van der Waals surface area contributed by atoms with Gasteiger partial charge in [0.2, 0.25) is 0 Å². The monoisotopic (exact) mass is 191 g/mol. The number of carbonyl (C=O) groups is 1. The Morgan fingerprint density at radius 1 is 1.50 bits per heavy atom. The van der Waals surface area contributed by atoms with Gasteiger partial charge in [0.05, 0.1) is 11.6 Å². The molecule has 74 valence electrons. The van der Waals surface area contributed by atoms with E-state index in [1.165, 1.54) is 0 Å². The zero-order valence-corrected chi connectivity index (χ0v) is 8.12. The highest BCUT2D eigenvalue weighted by molar-refractivity contribution is 5.97. The van der Waals surface area contributed by atoms with Gasteiger partial charge in [0.15, 0.2) is 0 Å². The third kappa shape index (κ3) is 1.58. The smallest absolute Gasteiger partial charge is 0.255 e. The van der Waals surface area contributed by atoms with Crippen molar-refractivity contribution in [3.8, 4) is 5.75 Å². The van der Waals surface area contributed by atoms with Crippen molar-refractivity contribution in [1.82, 2.24) is 5.32 Å². The molecule has 3 nitrogen and oxygen atoms in total. The zero-order chi connectivity index (χ0) is 9.97. The van der Waals surface area contributed by atoms with Crippen LogP contribution in [0.3, 0.4) is 0 Å². The fourth-order valence-corrected chi connectivity index (χ4v) is 1.50. The van der Waals surface area contributed by atoms with E-state index in [1.807, 2.05) is 25.1 Å². The Bertz CT molecular complexity index is 349. The van der Waals surface area contributed by atoms with Crippen molar-refractivity contribution in [1.29, 1.82) is 0 Å². The minimum atomic E-state index is -0.0371. The van der Waals surface area contributed by atoms with Gasteiger partial charge in [0.25, 0.3) is 5.91 Å². The van der Waals surface area contributed by atoms with Gasteiger partial charge in [-0.05, 0) is 18.6 Å². The Kier molecular flexibility index (Phi) is 2.39. The Balaban J connectivity index is 2.31. The summed E-state index contributed by atoms with van der Waals surface area (Å²) < 4.78 is 5.54. The van der Waals surface area contributed by atoms with Gasteiger partial charge in [-0.3, -0.25) is 4.79 Å². The molecule has 0 saturated carbocycles. The molecule has 1 aromatic carbocycles. The zero-order valence-electron chi connectivity index (χ0n) is 8.12. The van der Waals surface area contributed by atoms with E-state index >= 15 is 0 Å². The predicted octanol–water partition coefficient (Wildman–Crippen LogP) is 1.59. The number of rotatable bonds is 1. The van der Waals surface area contributed by atoms with Gasteiger partial charge in [-0.2, -0.15) is 0 Å². The van der Waals surface area contributed by atoms with Crippen molar-refractivity contribution >= 4 is 5.91 Å². The van der Waals surface area contributed by atoms with Crippen molar-refractivity contribution in [2.75, 3.05) is 6.61 Å². The molecule has 1 heterocycles. The quantitative estimate of drug-likeness (QED) is 0.732. The summed E-state index contributed by atoms with van der Waals surface area (Å²) in [7, 11) is 0. The van der Waals surface area contributed by atoms with E-state index in [0.717, 1.165) is 6.42 Å². The third-order valence-electron chi connectivity index (χ3n) is 2.40. The Hall–Kier alpha value is -1.51. The molecule has 14 heavy (non-hydrogen) atoms. The van der Waals surface area contributed by atoms with Crippen LogP contribution in [-0.2, 0) is 0 Å². The van der Waals surface area contributed by atoms with E-state index in [4.69, 9.17) is 4.74 Å². The summed E-state index contributed by atoms with van der Waals surface area (Å²) in [4.78, 5) is 11.7. The average Bonchev–Trinajstić information content (AvgIpc) is 2.39. The van der Waals surface area contributed by atoms with Gasteiger partial charge >= 0.3 is 0 Å². The van der Waals surface area contributed by atoms with E-state index in [0.29, 0.717) is 17.9 Å². The lowest BCUT2D eigenvalue weighted by molar-refractivity contribution is 0.0937. The summed E-state index contributed by atoms with van der Waals surface area (Å²) in [5.41, 5.74) is 0.628. The predicted molar refractivity (Wildman–Crippen MR) is 53.5 cm³/mol. The number of hydrogen-bond acceptors (Lipinski definition) is 2. The van der Waals surface area contributed by atoms with Crippen molar-refractivity contribution < 1.29 is 9.53 Å². The maximum absolute atomic E-state index is 11.7. The first kappa shape index (κ1) is 9.06. The van der Waals surface area contributed by atoms with Crippen molar-refractivity contribution in [3.05, 3.63) is 29.8 Å². The molecule has 1 aliphatic heterocycles. The molecule has 0 aromatic heterocycles. The van der Waals surface area contributed by atoms with Gasteiger partial charge < -0.3 is 10.1 Å². The Morgan fingerprint density at radius 2 is 2.29 bits per heavy atom. The molecule has 2 rings (SSSR count). The molecule has 0 fully saturated rings. The fourth-order valence-electron chi connectivity index (χ4n) is 1.50. The van der Waals surface area contributed by atoms with E-state index in [1.54, 1.807) is 6.07 Å². The summed E-state index contributed by atoms with van der Waals surface area (Å²) in [6, 6.07) is 7.44. The lowest BCUT2D eigenvalue weighted by atomic mass is 10.2. The molecule has 1 atom stereocenters. The summed E-state index contributed by atoms with van der Waals surface area (Å²) in [6.45, 7) is 2.59. The Morgan fingerprint density at radius 3 is 3.07 bits per heavy atom. The molecular formula is C11H13NO2. The van der Waals surface area contributed by atoms with Crippen LogP contribution in [0.2, 0.25) is 0 Å². The second kappa shape index (κ2) is 3.70. The van der Waals surface area contributed by atoms with Gasteiger partial charge in [-0.15, -0.1) is 0 Å². The minimum Gasteiger partial charge on any atom is -0.491 e. The van der Waals surface area contributed by atoms with Crippen LogP contribution in [0.15, 0.2) is 24.3 Å². The molecule has 0 saturated heterocycles. The van der Waals surface area contributed by atoms with Crippen molar-refractivity contribution in [2.45, 2.75) is 19.4 Å². The SMILES string of the molecule is CCC1COc2ccccc2C(=O)N1. The van der Waals surface area contributed by atoms with Crippen LogP contribution in [-0.4, -0.2) is 18.6 Å². The van der Waals surface area contributed by atoms with Crippen LogP contribution >= 0.6 is 0 Å². The number of para-hydroxylation sites is 1. The first-order chi connectivity index (χ1) is 6.81. The average molecular weight is 191 g/mol. The van der Waals surface area contributed by atoms with E-state index in [9.17, 15) is 4.79 Å². The number of nitrogens with one attached hydrogen (secondary N) is 1. The third-order valence-corrected chi connectivity index (χ3v) is 2.40. The molecule has 1 aliphatic rings. The maximum atomic E-state index is 11.7. The number of amides is 1. The number of ether oxygens (including phenoxy) is 1. The molecule has 0 aliphatic carbocycles. The van der Waals surface area contributed by atoms with Crippen molar-refractivity contribution in [2.24, 2.45) is 0 Å². The highest BCUT2D eigenvalue weighted by Crippen LogP contribution is 2.20. The van der Waals surface area contributed by atoms with Crippen LogP contribution in [0.5, 0.6) is 5.75 Å². The molecule has 0 radical (unpaired) electrons. The molecule has 0 bridgehead atoms. The van der Waals surface area contributed by atoms with Gasteiger partial charge in [0.1, 0.15) is 12.4 Å². The maximum Gasteiger partial charge on any atom is 0.255 e. The summed E-state index contributed by atoms with van der Waals surface area (Å²) >= 11 is 0. The first-order valence-electron chi connectivity index (χ1n) is 4.84. The molecule has 1 N–H and O–H groups in total. The topological polar surface area (TPSA) is 38.3 Å². The molecule has 1 unspecified atom stereocenters. The van der Waals surface area contributed by atoms with Gasteiger partial charge in [-0.1, -0.05) is 19.1 Å². The molecule has 0 spiro atoms. The molecule has 1 amide bonds. The molecular weight excluding hydrogens is 178 g/mol. The van der Waals surface area contributed by atoms with Gasteiger partial charge in [0, 0.05) is 0 Å². The van der Waals surface area contributed by atoms with E-state index < -0.39 is 0 Å². The number of fused-ring (bicyclic) bond motifs is 1. The lowest BCUT2D eigenvalue weighted by Gasteiger charge is -2.11. The molecule has 1 aromatic rings. The molecule has 3 heteroatoms. The highest BCUT2D eigenvalue weighted by Gasteiger charge is 2.20. The van der Waals surface area contributed by atoms with E-state index in [-0.39, 0.29) is 11.9 Å². The van der Waals surface area contributed by atoms with E-state index in [2.05, 4.69) is 5.32 Å². The summed E-state index contributed by atoms with van der Waals surface area (Å²) in [5.74, 6) is 0.644. The van der Waals surface area contributed by atoms with Crippen LogP contribution in [0.4, 0.5) is 0 Å². The number of benzene rings is 1. The second-order valence-electron chi connectivity index (χ2n) is 3.39. The van der Waals surface area contributed by atoms with Crippen molar-refractivity contribution in [3.63, 3.8) is 0 Å². The number of hydrogen-bond donors (Lipinski definition) is 1. The normalized spacial score (nSPS) is 20.4. The van der Waals surface area contributed by atoms with Gasteiger partial charge in [-0.25, -0.2) is 0 Å². The second-order valence-corrected chi connectivity index (χ2v) is 3.39. The lowest BCUT2D eigenvalue weighted by Crippen LogP contribution is -2.35. The highest BCUT2D eigenvalue weighted by atomic mass is 16.5. The van der Waals surface area contributed by atoms with Crippen LogP contribution in [0.25, 0.3) is 0 Å². The number of carbonyl (C=O) groups excluding carboxylic acids is 1. The van der Waals surface area contributed by atoms with Crippen LogP contribution < -0.4 is 10.1 Å². The fraction of sp³-hybridized carbons (Fsp3) is 0.364. The first-order valence-corrected chi connectivity index (χ1v) is 4.84. The minimum absolute atomic E-state index is 0.0371. The van der Waals surface area contributed by atoms with Crippen LogP contribution in [0.1, 0.15) is 23.7 Å². The standard InChI is InChI=1S/C11H13NO2/c1-2-8-7-14-10-6-4-3-5-9(10)11(13)12-8/h3-6,8H,2,7H2,1H3,(H,12,13). The summed E-state index contributed by atoms with van der Waals surface area (Å²) in [6.07, 6.45) is 0.889. The largest absolute Gasteiger partial charge is 0.491 e. The summed E-state index contributed by atoms with van der Waals surface area (Å²) in [5, 5.41) is 2.92.